The minimum absolute atomic E-state index is 0.0127. The molecule has 16 heavy (non-hydrogen) atoms. The lowest BCUT2D eigenvalue weighted by Crippen LogP contribution is -2.06. The van der Waals surface area contributed by atoms with Crippen molar-refractivity contribution >= 4 is 17.4 Å². The van der Waals surface area contributed by atoms with Crippen LogP contribution < -0.4 is 0 Å². The number of carbonyl (C=O) groups excluding carboxylic acids is 1. The van der Waals surface area contributed by atoms with E-state index in [1.165, 1.54) is 6.07 Å². The molecule has 0 aromatic heterocycles. The molecule has 0 N–H and O–H groups in total. The van der Waals surface area contributed by atoms with Gasteiger partial charge in [-0.2, -0.15) is 0 Å². The molecule has 0 atom stereocenters. The molecule has 0 heterocycles. The van der Waals surface area contributed by atoms with E-state index in [1.807, 2.05) is 6.08 Å². The van der Waals surface area contributed by atoms with E-state index < -0.39 is 5.82 Å². The van der Waals surface area contributed by atoms with Crippen molar-refractivity contribution in [3.05, 3.63) is 46.3 Å². The maximum absolute atomic E-state index is 13.5. The molecule has 0 unspecified atom stereocenters. The number of rotatable bonds is 3. The van der Waals surface area contributed by atoms with Crippen molar-refractivity contribution < 1.29 is 9.18 Å². The highest BCUT2D eigenvalue weighted by Crippen LogP contribution is 2.23. The Morgan fingerprint density at radius 2 is 2.25 bits per heavy atom. The van der Waals surface area contributed by atoms with Crippen LogP contribution in [0.2, 0.25) is 5.02 Å². The fourth-order valence-electron chi connectivity index (χ4n) is 1.90. The summed E-state index contributed by atoms with van der Waals surface area (Å²) in [7, 11) is 0. The Morgan fingerprint density at radius 1 is 1.44 bits per heavy atom. The van der Waals surface area contributed by atoms with Crippen LogP contribution in [0.1, 0.15) is 24.8 Å². The maximum Gasteiger partial charge on any atom is 0.163 e. The standard InChI is InChI=1S/C13H12ClFO/c14-11-7-3-6-10(13(11)15)8-12(16)9-4-1-2-5-9/h3-4,6-7H,1-2,5,8H2. The van der Waals surface area contributed by atoms with Crippen molar-refractivity contribution in [2.24, 2.45) is 0 Å². The number of Topliss-reactive ketones (excluding diaryl/α,β-unsaturated/α-hetero) is 1. The van der Waals surface area contributed by atoms with Gasteiger partial charge in [0.15, 0.2) is 5.78 Å². The number of hydrogen-bond acceptors (Lipinski definition) is 1. The number of ketones is 1. The van der Waals surface area contributed by atoms with Crippen molar-refractivity contribution in [3.8, 4) is 0 Å². The predicted molar refractivity (Wildman–Crippen MR) is 62.1 cm³/mol. The zero-order valence-corrected chi connectivity index (χ0v) is 9.56. The molecule has 1 nitrogen and oxygen atoms in total. The largest absolute Gasteiger partial charge is 0.294 e. The molecular formula is C13H12ClFO. The van der Waals surface area contributed by atoms with Gasteiger partial charge in [0.2, 0.25) is 0 Å². The topological polar surface area (TPSA) is 17.1 Å². The molecule has 0 aliphatic heterocycles. The van der Waals surface area contributed by atoms with Crippen molar-refractivity contribution in [1.29, 1.82) is 0 Å². The van der Waals surface area contributed by atoms with E-state index in [0.717, 1.165) is 24.8 Å². The van der Waals surface area contributed by atoms with Crippen LogP contribution in [0.25, 0.3) is 0 Å². The van der Waals surface area contributed by atoms with Crippen molar-refractivity contribution in [2.45, 2.75) is 25.7 Å². The van der Waals surface area contributed by atoms with E-state index in [0.29, 0.717) is 5.56 Å². The summed E-state index contributed by atoms with van der Waals surface area (Å²) in [4.78, 5) is 11.8. The summed E-state index contributed by atoms with van der Waals surface area (Å²) in [5.74, 6) is -0.463. The predicted octanol–water partition coefficient (Wildman–Crippen LogP) is 3.70. The molecule has 2 rings (SSSR count). The minimum atomic E-state index is -0.476. The molecule has 3 heteroatoms. The van der Waals surface area contributed by atoms with Gasteiger partial charge in [-0.15, -0.1) is 0 Å². The van der Waals surface area contributed by atoms with Gasteiger partial charge in [0, 0.05) is 6.42 Å². The van der Waals surface area contributed by atoms with Gasteiger partial charge in [0.25, 0.3) is 0 Å². The van der Waals surface area contributed by atoms with E-state index in [9.17, 15) is 9.18 Å². The summed E-state index contributed by atoms with van der Waals surface area (Å²) in [6, 6.07) is 4.76. The minimum Gasteiger partial charge on any atom is -0.294 e. The number of allylic oxidation sites excluding steroid dienone is 2. The van der Waals surface area contributed by atoms with Crippen LogP contribution in [0.5, 0.6) is 0 Å². The van der Waals surface area contributed by atoms with Crippen molar-refractivity contribution in [2.75, 3.05) is 0 Å². The Kier molecular flexibility index (Phi) is 3.39. The Morgan fingerprint density at radius 3 is 2.94 bits per heavy atom. The van der Waals surface area contributed by atoms with Gasteiger partial charge in [0.1, 0.15) is 5.82 Å². The normalized spacial score (nSPS) is 15.0. The van der Waals surface area contributed by atoms with Gasteiger partial charge < -0.3 is 0 Å². The number of halogens is 2. The molecular weight excluding hydrogens is 227 g/mol. The first-order chi connectivity index (χ1) is 7.68. The Bertz CT molecular complexity index is 451. The van der Waals surface area contributed by atoms with Gasteiger partial charge in [-0.3, -0.25) is 4.79 Å². The average Bonchev–Trinajstić information content (AvgIpc) is 2.78. The Labute approximate surface area is 98.9 Å². The number of benzene rings is 1. The van der Waals surface area contributed by atoms with Crippen LogP contribution in [0.15, 0.2) is 29.8 Å². The quantitative estimate of drug-likeness (QED) is 0.785. The lowest BCUT2D eigenvalue weighted by atomic mass is 10.0. The second kappa shape index (κ2) is 4.79. The monoisotopic (exact) mass is 238 g/mol. The third kappa shape index (κ3) is 2.33. The van der Waals surface area contributed by atoms with Crippen molar-refractivity contribution in [1.82, 2.24) is 0 Å². The summed E-state index contributed by atoms with van der Waals surface area (Å²) < 4.78 is 13.5. The van der Waals surface area contributed by atoms with Gasteiger partial charge in [-0.1, -0.05) is 29.8 Å². The molecule has 1 aromatic carbocycles. The zero-order chi connectivity index (χ0) is 11.5. The highest BCUT2D eigenvalue weighted by Gasteiger charge is 2.16. The molecule has 1 aromatic rings. The average molecular weight is 239 g/mol. The summed E-state index contributed by atoms with van der Waals surface area (Å²) in [6.45, 7) is 0. The van der Waals surface area contributed by atoms with E-state index >= 15 is 0 Å². The van der Waals surface area contributed by atoms with Gasteiger partial charge in [-0.25, -0.2) is 4.39 Å². The molecule has 0 saturated carbocycles. The van der Waals surface area contributed by atoms with Crippen LogP contribution in [0.4, 0.5) is 4.39 Å². The summed E-state index contributed by atoms with van der Waals surface area (Å²) in [5.41, 5.74) is 1.21. The van der Waals surface area contributed by atoms with E-state index in [4.69, 9.17) is 11.6 Å². The van der Waals surface area contributed by atoms with Crippen LogP contribution in [0, 0.1) is 5.82 Å². The summed E-state index contributed by atoms with van der Waals surface area (Å²) in [5, 5.41) is 0.0747. The van der Waals surface area contributed by atoms with Crippen LogP contribution in [-0.4, -0.2) is 5.78 Å². The fourth-order valence-corrected chi connectivity index (χ4v) is 2.09. The summed E-state index contributed by atoms with van der Waals surface area (Å²) >= 11 is 5.66. The first kappa shape index (κ1) is 11.3. The Balaban J connectivity index is 2.14. The molecule has 84 valence electrons. The third-order valence-corrected chi connectivity index (χ3v) is 3.07. The van der Waals surface area contributed by atoms with Crippen LogP contribution >= 0.6 is 11.6 Å². The number of hydrogen-bond donors (Lipinski definition) is 0. The first-order valence-corrected chi connectivity index (χ1v) is 5.71. The highest BCUT2D eigenvalue weighted by molar-refractivity contribution is 6.30. The van der Waals surface area contributed by atoms with Crippen LogP contribution in [-0.2, 0) is 11.2 Å². The van der Waals surface area contributed by atoms with Crippen LogP contribution in [0.3, 0.4) is 0 Å². The maximum atomic E-state index is 13.5. The second-order valence-corrected chi connectivity index (χ2v) is 4.34. The lowest BCUT2D eigenvalue weighted by Gasteiger charge is -2.04. The molecule has 0 amide bonds. The van der Waals surface area contributed by atoms with Crippen molar-refractivity contribution in [3.63, 3.8) is 0 Å². The smallest absolute Gasteiger partial charge is 0.163 e. The lowest BCUT2D eigenvalue weighted by molar-refractivity contribution is -0.115. The summed E-state index contributed by atoms with van der Waals surface area (Å²) in [6.07, 6.45) is 4.86. The van der Waals surface area contributed by atoms with Gasteiger partial charge in [0.05, 0.1) is 5.02 Å². The second-order valence-electron chi connectivity index (χ2n) is 3.93. The van der Waals surface area contributed by atoms with E-state index in [-0.39, 0.29) is 17.2 Å². The first-order valence-electron chi connectivity index (χ1n) is 5.33. The fraction of sp³-hybridized carbons (Fsp3) is 0.308. The molecule has 1 aliphatic carbocycles. The molecule has 0 saturated heterocycles. The van der Waals surface area contributed by atoms with E-state index in [2.05, 4.69) is 0 Å². The molecule has 0 bridgehead atoms. The molecule has 0 spiro atoms. The zero-order valence-electron chi connectivity index (χ0n) is 8.80. The van der Waals surface area contributed by atoms with Gasteiger partial charge >= 0.3 is 0 Å². The Hall–Kier alpha value is -1.15. The van der Waals surface area contributed by atoms with Gasteiger partial charge in [-0.05, 0) is 36.5 Å². The third-order valence-electron chi connectivity index (χ3n) is 2.78. The molecule has 0 fully saturated rings. The highest BCUT2D eigenvalue weighted by atomic mass is 35.5. The SMILES string of the molecule is O=C(Cc1cccc(Cl)c1F)C1=CCCC1. The molecule has 1 aliphatic rings. The number of carbonyl (C=O) groups is 1. The molecule has 0 radical (unpaired) electrons. The van der Waals surface area contributed by atoms with E-state index in [1.54, 1.807) is 12.1 Å².